The van der Waals surface area contributed by atoms with E-state index in [-0.39, 0.29) is 0 Å². The summed E-state index contributed by atoms with van der Waals surface area (Å²) < 4.78 is 38.6. The third-order valence-corrected chi connectivity index (χ3v) is 0.777. The minimum absolute atomic E-state index is 0.583. The van der Waals surface area contributed by atoms with E-state index < -0.39 is 12.2 Å². The molecule has 0 amide bonds. The van der Waals surface area contributed by atoms with Crippen LogP contribution in [0.25, 0.3) is 0 Å². The predicted molar refractivity (Wildman–Crippen MR) is 22.7 cm³/mol. The number of nitrogens with zero attached hydrogens (tertiary/aromatic N) is 1. The number of ether oxygens (including phenoxy) is 1. The molecule has 1 atom stereocenters. The van der Waals surface area contributed by atoms with Gasteiger partial charge < -0.3 is 4.74 Å². The summed E-state index contributed by atoms with van der Waals surface area (Å²) in [6.45, 7) is 0.583. The molecule has 0 bridgehead atoms. The van der Waals surface area contributed by atoms with Gasteiger partial charge in [-0.3, -0.25) is 0 Å². The van der Waals surface area contributed by atoms with Crippen LogP contribution in [0, 0.1) is 6.61 Å². The fraction of sp³-hybridized carbons (Fsp3) is 0.500. The Bertz CT molecular complexity index is 130. The van der Waals surface area contributed by atoms with E-state index in [1.165, 1.54) is 0 Å². The molecular weight excluding hydrogens is 135 g/mol. The van der Waals surface area contributed by atoms with Gasteiger partial charge in [-0.05, 0) is 0 Å². The highest BCUT2D eigenvalue weighted by Crippen LogP contribution is 2.26. The zero-order chi connectivity index (χ0) is 6.91. The highest BCUT2D eigenvalue weighted by atomic mass is 19.4. The van der Waals surface area contributed by atoms with Crippen LogP contribution < -0.4 is 0 Å². The maximum absolute atomic E-state index is 11.5. The lowest BCUT2D eigenvalue weighted by Gasteiger charge is -2.07. The molecule has 0 aromatic carbocycles. The second-order valence-corrected chi connectivity index (χ2v) is 1.46. The molecule has 0 aliphatic carbocycles. The van der Waals surface area contributed by atoms with Crippen LogP contribution in [0.2, 0.25) is 0 Å². The average molecular weight is 137 g/mol. The second kappa shape index (κ2) is 1.89. The fourth-order valence-corrected chi connectivity index (χ4v) is 0.363. The van der Waals surface area contributed by atoms with Crippen molar-refractivity contribution in [3.63, 3.8) is 0 Å². The molecule has 2 radical (unpaired) electrons. The van der Waals surface area contributed by atoms with Crippen molar-refractivity contribution in [2.45, 2.75) is 12.2 Å². The molecule has 0 aromatic rings. The van der Waals surface area contributed by atoms with Crippen LogP contribution in [0.1, 0.15) is 0 Å². The van der Waals surface area contributed by atoms with E-state index in [4.69, 9.17) is 0 Å². The highest BCUT2D eigenvalue weighted by Gasteiger charge is 2.42. The number of hydrogen-bond donors (Lipinski definition) is 0. The zero-order valence-electron chi connectivity index (χ0n) is 4.14. The first-order chi connectivity index (χ1) is 4.11. The predicted octanol–water partition coefficient (Wildman–Crippen LogP) is 1.01. The smallest absolute Gasteiger partial charge is 0.414 e. The van der Waals surface area contributed by atoms with Crippen molar-refractivity contribution in [3.8, 4) is 0 Å². The first kappa shape index (κ1) is 6.38. The maximum Gasteiger partial charge on any atom is 0.414 e. The second-order valence-electron chi connectivity index (χ2n) is 1.46. The summed E-state index contributed by atoms with van der Waals surface area (Å²) in [7, 11) is 0. The Morgan fingerprint density at radius 2 is 2.22 bits per heavy atom. The van der Waals surface area contributed by atoms with Gasteiger partial charge >= 0.3 is 6.18 Å². The van der Waals surface area contributed by atoms with Crippen LogP contribution in [0.3, 0.4) is 0 Å². The lowest BCUT2D eigenvalue weighted by atomic mass is 10.3. The number of alkyl halides is 3. The summed E-state index contributed by atoms with van der Waals surface area (Å²) in [4.78, 5) is 2.85. The lowest BCUT2D eigenvalue weighted by Crippen LogP contribution is -2.24. The van der Waals surface area contributed by atoms with E-state index >= 15 is 0 Å². The number of hydrogen-bond acceptors (Lipinski definition) is 2. The molecule has 1 heterocycles. The highest BCUT2D eigenvalue weighted by molar-refractivity contribution is 5.50. The number of halogens is 3. The van der Waals surface area contributed by atoms with E-state index in [0.29, 0.717) is 6.61 Å². The summed E-state index contributed by atoms with van der Waals surface area (Å²) >= 11 is 0. The van der Waals surface area contributed by atoms with Crippen molar-refractivity contribution in [3.05, 3.63) is 6.61 Å². The largest absolute Gasteiger partial charge is 0.464 e. The molecular formula is C4H2F3NO. The molecule has 0 N–H and O–H groups in total. The van der Waals surface area contributed by atoms with Crippen molar-refractivity contribution in [2.75, 3.05) is 0 Å². The van der Waals surface area contributed by atoms with Gasteiger partial charge in [0.25, 0.3) is 6.40 Å². The molecule has 1 aliphatic rings. The van der Waals surface area contributed by atoms with E-state index in [1.807, 2.05) is 0 Å². The Kier molecular flexibility index (Phi) is 1.34. The molecule has 5 heteroatoms. The fourth-order valence-electron chi connectivity index (χ4n) is 0.363. The van der Waals surface area contributed by atoms with Gasteiger partial charge in [0.1, 0.15) is 0 Å². The summed E-state index contributed by atoms with van der Waals surface area (Å²) in [5, 5.41) is 0. The molecule has 1 unspecified atom stereocenters. The van der Waals surface area contributed by atoms with Gasteiger partial charge in [0.2, 0.25) is 0 Å². The third-order valence-electron chi connectivity index (χ3n) is 0.777. The zero-order valence-corrected chi connectivity index (χ0v) is 4.14. The van der Waals surface area contributed by atoms with Crippen LogP contribution in [-0.4, -0.2) is 18.6 Å². The van der Waals surface area contributed by atoms with Gasteiger partial charge in [0.15, 0.2) is 12.6 Å². The molecule has 0 fully saturated rings. The SMILES string of the molecule is FC(F)(F)C1[CH]O[C]=N1. The third kappa shape index (κ3) is 1.34. The Labute approximate surface area is 49.3 Å². The Hall–Kier alpha value is -0.740. The maximum atomic E-state index is 11.5. The van der Waals surface area contributed by atoms with Gasteiger partial charge in [-0.1, -0.05) is 0 Å². The minimum Gasteiger partial charge on any atom is -0.464 e. The van der Waals surface area contributed by atoms with Crippen LogP contribution in [0.5, 0.6) is 0 Å². The average Bonchev–Trinajstić information content (AvgIpc) is 2.08. The van der Waals surface area contributed by atoms with Crippen LogP contribution in [0.4, 0.5) is 13.2 Å². The molecule has 0 saturated heterocycles. The standard InChI is InChI=1S/C4H2F3NO/c5-4(6,7)3-1-9-2-8-3/h1,3H. The minimum atomic E-state index is -4.33. The Balaban J connectivity index is 2.53. The topological polar surface area (TPSA) is 21.6 Å². The molecule has 0 saturated carbocycles. The summed E-state index contributed by atoms with van der Waals surface area (Å²) in [5.41, 5.74) is 0. The van der Waals surface area contributed by atoms with E-state index in [0.717, 1.165) is 0 Å². The van der Waals surface area contributed by atoms with Gasteiger partial charge in [-0.15, -0.1) is 0 Å². The Morgan fingerprint density at radius 1 is 1.56 bits per heavy atom. The van der Waals surface area contributed by atoms with Crippen molar-refractivity contribution in [1.82, 2.24) is 0 Å². The molecule has 50 valence electrons. The van der Waals surface area contributed by atoms with Crippen molar-refractivity contribution < 1.29 is 17.9 Å². The van der Waals surface area contributed by atoms with E-state index in [9.17, 15) is 13.2 Å². The Morgan fingerprint density at radius 3 is 2.44 bits per heavy atom. The normalized spacial score (nSPS) is 26.3. The molecule has 2 nitrogen and oxygen atoms in total. The number of aliphatic imine (C=N–C) groups is 1. The van der Waals surface area contributed by atoms with Gasteiger partial charge in [0, 0.05) is 0 Å². The van der Waals surface area contributed by atoms with Crippen molar-refractivity contribution in [1.29, 1.82) is 0 Å². The lowest BCUT2D eigenvalue weighted by molar-refractivity contribution is -0.142. The summed E-state index contributed by atoms with van der Waals surface area (Å²) in [5.74, 6) is 0. The number of rotatable bonds is 0. The molecule has 0 aromatic heterocycles. The molecule has 9 heavy (non-hydrogen) atoms. The molecule has 1 rings (SSSR count). The first-order valence-corrected chi connectivity index (χ1v) is 2.11. The van der Waals surface area contributed by atoms with Crippen LogP contribution >= 0.6 is 0 Å². The van der Waals surface area contributed by atoms with Gasteiger partial charge in [-0.2, -0.15) is 13.2 Å². The van der Waals surface area contributed by atoms with E-state index in [2.05, 4.69) is 9.73 Å². The van der Waals surface area contributed by atoms with Crippen LogP contribution in [0.15, 0.2) is 4.99 Å². The quantitative estimate of drug-likeness (QED) is 0.488. The monoisotopic (exact) mass is 137 g/mol. The molecule has 0 spiro atoms. The van der Waals surface area contributed by atoms with Crippen molar-refractivity contribution in [2.24, 2.45) is 4.99 Å². The molecule has 1 aliphatic heterocycles. The van der Waals surface area contributed by atoms with Gasteiger partial charge in [-0.25, -0.2) is 4.99 Å². The van der Waals surface area contributed by atoms with E-state index in [1.54, 1.807) is 6.40 Å². The van der Waals surface area contributed by atoms with Crippen LogP contribution in [-0.2, 0) is 4.74 Å². The summed E-state index contributed by atoms with van der Waals surface area (Å²) in [6, 6.07) is -1.82. The summed E-state index contributed by atoms with van der Waals surface area (Å²) in [6.07, 6.45) is -2.60. The van der Waals surface area contributed by atoms with Crippen molar-refractivity contribution >= 4 is 6.40 Å². The first-order valence-electron chi connectivity index (χ1n) is 2.11. The van der Waals surface area contributed by atoms with Gasteiger partial charge in [0.05, 0.1) is 0 Å².